The molecule has 0 bridgehead atoms. The maximum Gasteiger partial charge on any atom is 0.263 e. The zero-order valence-corrected chi connectivity index (χ0v) is 17.1. The van der Waals surface area contributed by atoms with Crippen molar-refractivity contribution >= 4 is 27.4 Å². The number of nitrogens with zero attached hydrogens (tertiary/aromatic N) is 2. The Kier molecular flexibility index (Phi) is 5.30. The molecule has 2 fully saturated rings. The van der Waals surface area contributed by atoms with Gasteiger partial charge in [0, 0.05) is 31.7 Å². The third-order valence-electron chi connectivity index (χ3n) is 5.69. The van der Waals surface area contributed by atoms with Crippen LogP contribution in [0.25, 0.3) is 20.8 Å². The lowest BCUT2D eigenvalue weighted by Gasteiger charge is -2.26. The van der Waals surface area contributed by atoms with Crippen LogP contribution >= 0.6 is 11.3 Å². The van der Waals surface area contributed by atoms with Crippen LogP contribution in [0.5, 0.6) is 0 Å². The second-order valence-electron chi connectivity index (χ2n) is 7.74. The lowest BCUT2D eigenvalue weighted by Crippen LogP contribution is -2.39. The fraction of sp³-hybridized carbons (Fsp3) is 0.476. The molecule has 3 N–H and O–H groups in total. The van der Waals surface area contributed by atoms with E-state index in [9.17, 15) is 4.79 Å². The maximum absolute atomic E-state index is 13.2. The van der Waals surface area contributed by atoms with E-state index in [2.05, 4.69) is 15.6 Å². The van der Waals surface area contributed by atoms with E-state index in [4.69, 9.17) is 14.7 Å². The number of para-hydroxylation sites is 1. The van der Waals surface area contributed by atoms with E-state index in [1.54, 1.807) is 0 Å². The minimum atomic E-state index is -0.119. The number of rotatable bonds is 4. The summed E-state index contributed by atoms with van der Waals surface area (Å²) in [5, 5.41) is 7.69. The van der Waals surface area contributed by atoms with Crippen molar-refractivity contribution in [3.63, 3.8) is 0 Å². The highest BCUT2D eigenvalue weighted by Gasteiger charge is 2.25. The molecule has 5 rings (SSSR count). The Labute approximate surface area is 172 Å². The Morgan fingerprint density at radius 2 is 2.00 bits per heavy atom. The summed E-state index contributed by atoms with van der Waals surface area (Å²) in [6.45, 7) is 3.34. The third kappa shape index (κ3) is 3.92. The molecule has 0 unspecified atom stereocenters. The Balaban J connectivity index is 1.58. The molecule has 3 aromatic rings. The van der Waals surface area contributed by atoms with Crippen LogP contribution in [0.15, 0.2) is 29.1 Å². The predicted molar refractivity (Wildman–Crippen MR) is 116 cm³/mol. The second-order valence-corrected chi connectivity index (χ2v) is 8.77. The molecule has 0 amide bonds. The average molecular weight is 412 g/mol. The fourth-order valence-electron chi connectivity index (χ4n) is 4.11. The molecule has 2 aliphatic heterocycles. The maximum atomic E-state index is 13.2. The number of H-pyrrole nitrogens is 1. The van der Waals surface area contributed by atoms with Crippen molar-refractivity contribution in [2.24, 2.45) is 0 Å². The van der Waals surface area contributed by atoms with Crippen LogP contribution in [0, 0.1) is 0 Å². The summed E-state index contributed by atoms with van der Waals surface area (Å²) in [6.07, 6.45) is 3.94. The van der Waals surface area contributed by atoms with Gasteiger partial charge in [-0.05, 0) is 44.4 Å². The summed E-state index contributed by atoms with van der Waals surface area (Å²) < 4.78 is 6.55. The Bertz CT molecular complexity index is 1020. The van der Waals surface area contributed by atoms with Gasteiger partial charge in [0.2, 0.25) is 0 Å². The standard InChI is InChI=1S/C21H25N5O2S/c27-20-17(21-24-15-5-1-2-6-16(15)29-21)19(23-14-4-3-9-22-12-14)25-18(26-20)13-7-10-28-11-8-13/h1-2,5-6,13-14,22H,3-4,7-12H2,(H2,23,25,26,27)/t14-/m1/s1. The summed E-state index contributed by atoms with van der Waals surface area (Å²) in [6, 6.07) is 8.23. The summed E-state index contributed by atoms with van der Waals surface area (Å²) in [5.74, 6) is 1.64. The van der Waals surface area contributed by atoms with E-state index in [1.165, 1.54) is 11.3 Å². The van der Waals surface area contributed by atoms with Crippen LogP contribution in [-0.2, 0) is 4.74 Å². The van der Waals surface area contributed by atoms with Crippen LogP contribution in [0.3, 0.4) is 0 Å². The molecule has 2 aromatic heterocycles. The minimum Gasteiger partial charge on any atom is -0.381 e. The highest BCUT2D eigenvalue weighted by atomic mass is 32.1. The molecular formula is C21H25N5O2S. The number of nitrogens with one attached hydrogen (secondary N) is 3. The highest BCUT2D eigenvalue weighted by Crippen LogP contribution is 2.33. The largest absolute Gasteiger partial charge is 0.381 e. The molecule has 1 atom stereocenters. The number of hydrogen-bond donors (Lipinski definition) is 3. The Morgan fingerprint density at radius 3 is 2.79 bits per heavy atom. The number of benzene rings is 1. The zero-order chi connectivity index (χ0) is 19.6. The van der Waals surface area contributed by atoms with Gasteiger partial charge in [0.25, 0.3) is 5.56 Å². The van der Waals surface area contributed by atoms with Crippen LogP contribution < -0.4 is 16.2 Å². The minimum absolute atomic E-state index is 0.119. The molecule has 4 heterocycles. The topological polar surface area (TPSA) is 91.9 Å². The lowest BCUT2D eigenvalue weighted by molar-refractivity contribution is 0.0835. The molecule has 0 spiro atoms. The first-order valence-electron chi connectivity index (χ1n) is 10.3. The van der Waals surface area contributed by atoms with Gasteiger partial charge in [0.05, 0.1) is 10.2 Å². The summed E-state index contributed by atoms with van der Waals surface area (Å²) in [4.78, 5) is 25.9. The van der Waals surface area contributed by atoms with Crippen LogP contribution in [0.4, 0.5) is 5.82 Å². The molecule has 0 aliphatic carbocycles. The van der Waals surface area contributed by atoms with Gasteiger partial charge in [-0.25, -0.2) is 9.97 Å². The van der Waals surface area contributed by atoms with Crippen LogP contribution in [0.1, 0.15) is 37.4 Å². The Morgan fingerprint density at radius 1 is 1.14 bits per heavy atom. The molecule has 2 aliphatic rings. The number of aromatic amines is 1. The zero-order valence-electron chi connectivity index (χ0n) is 16.2. The van der Waals surface area contributed by atoms with Crippen molar-refractivity contribution in [3.05, 3.63) is 40.4 Å². The smallest absolute Gasteiger partial charge is 0.263 e. The quantitative estimate of drug-likeness (QED) is 0.611. The molecule has 1 aromatic carbocycles. The summed E-state index contributed by atoms with van der Waals surface area (Å²) in [7, 11) is 0. The number of piperidine rings is 1. The number of aromatic nitrogens is 3. The van der Waals surface area contributed by atoms with Gasteiger partial charge in [0.1, 0.15) is 22.2 Å². The lowest BCUT2D eigenvalue weighted by atomic mass is 9.99. The predicted octanol–water partition coefficient (Wildman–Crippen LogP) is 3.10. The number of fused-ring (bicyclic) bond motifs is 1. The van der Waals surface area contributed by atoms with Crippen molar-refractivity contribution in [3.8, 4) is 10.6 Å². The SMILES string of the molecule is O=c1[nH]c(C2CCOCC2)nc(N[C@@H]2CCCNC2)c1-c1nc2ccccc2s1. The van der Waals surface area contributed by atoms with Crippen molar-refractivity contribution < 1.29 is 4.74 Å². The van der Waals surface area contributed by atoms with Crippen molar-refractivity contribution in [2.45, 2.75) is 37.6 Å². The fourth-order valence-corrected chi connectivity index (χ4v) is 5.11. The van der Waals surface area contributed by atoms with Gasteiger partial charge >= 0.3 is 0 Å². The van der Waals surface area contributed by atoms with E-state index < -0.39 is 0 Å². The van der Waals surface area contributed by atoms with Gasteiger partial charge in [0.15, 0.2) is 0 Å². The molecule has 29 heavy (non-hydrogen) atoms. The monoisotopic (exact) mass is 411 g/mol. The van der Waals surface area contributed by atoms with E-state index >= 15 is 0 Å². The normalized spacial score (nSPS) is 20.8. The first-order valence-corrected chi connectivity index (χ1v) is 11.1. The molecule has 0 saturated carbocycles. The molecule has 0 radical (unpaired) electrons. The van der Waals surface area contributed by atoms with Crippen molar-refractivity contribution in [2.75, 3.05) is 31.6 Å². The van der Waals surface area contributed by atoms with Crippen molar-refractivity contribution in [1.82, 2.24) is 20.3 Å². The van der Waals surface area contributed by atoms with Gasteiger partial charge in [-0.15, -0.1) is 11.3 Å². The average Bonchev–Trinajstić information content (AvgIpc) is 3.18. The molecule has 152 valence electrons. The first-order chi connectivity index (χ1) is 14.3. The summed E-state index contributed by atoms with van der Waals surface area (Å²) >= 11 is 1.54. The van der Waals surface area contributed by atoms with E-state index in [1.807, 2.05) is 24.3 Å². The molecular weight excluding hydrogens is 386 g/mol. The summed E-state index contributed by atoms with van der Waals surface area (Å²) in [5.41, 5.74) is 1.34. The van der Waals surface area contributed by atoms with Gasteiger partial charge in [-0.1, -0.05) is 12.1 Å². The van der Waals surface area contributed by atoms with E-state index in [0.29, 0.717) is 29.6 Å². The van der Waals surface area contributed by atoms with Gasteiger partial charge < -0.3 is 20.4 Å². The third-order valence-corrected chi connectivity index (χ3v) is 6.75. The molecule has 2 saturated heterocycles. The van der Waals surface area contributed by atoms with Crippen molar-refractivity contribution in [1.29, 1.82) is 0 Å². The molecule has 7 nitrogen and oxygen atoms in total. The highest BCUT2D eigenvalue weighted by molar-refractivity contribution is 7.21. The Hall–Kier alpha value is -2.29. The van der Waals surface area contributed by atoms with Crippen LogP contribution in [0.2, 0.25) is 0 Å². The first kappa shape index (κ1) is 18.7. The second kappa shape index (κ2) is 8.22. The van der Waals surface area contributed by atoms with E-state index in [0.717, 1.165) is 54.8 Å². The number of ether oxygens (including phenoxy) is 1. The van der Waals surface area contributed by atoms with E-state index in [-0.39, 0.29) is 17.5 Å². The number of thiazole rings is 1. The van der Waals surface area contributed by atoms with Crippen LogP contribution in [-0.4, -0.2) is 47.3 Å². The van der Waals surface area contributed by atoms with Gasteiger partial charge in [-0.3, -0.25) is 4.79 Å². The molecule has 8 heteroatoms. The number of anilines is 1. The number of hydrogen-bond acceptors (Lipinski definition) is 7. The van der Waals surface area contributed by atoms with Gasteiger partial charge in [-0.2, -0.15) is 0 Å².